The second-order valence-corrected chi connectivity index (χ2v) is 6.10. The minimum absolute atomic E-state index is 0.254. The third-order valence-corrected chi connectivity index (χ3v) is 3.98. The molecule has 0 saturated carbocycles. The van der Waals surface area contributed by atoms with E-state index in [9.17, 15) is 9.59 Å². The monoisotopic (exact) mass is 375 g/mol. The maximum Gasteiger partial charge on any atom is 0.313 e. The fourth-order valence-corrected chi connectivity index (χ4v) is 2.55. The van der Waals surface area contributed by atoms with Crippen molar-refractivity contribution >= 4 is 17.5 Å². The van der Waals surface area contributed by atoms with Gasteiger partial charge in [-0.3, -0.25) is 9.59 Å². The number of nitrogens with two attached hydrogens (primary N) is 1. The van der Waals surface area contributed by atoms with Gasteiger partial charge in [-0.1, -0.05) is 42.5 Å². The van der Waals surface area contributed by atoms with Gasteiger partial charge in [0.1, 0.15) is 11.5 Å². The van der Waals surface area contributed by atoms with Crippen LogP contribution in [0.2, 0.25) is 0 Å². The topological polar surface area (TPSA) is 93.5 Å². The van der Waals surface area contributed by atoms with Gasteiger partial charge in [0.2, 0.25) is 0 Å². The van der Waals surface area contributed by atoms with Crippen molar-refractivity contribution in [3.8, 4) is 11.5 Å². The quantitative estimate of drug-likeness (QED) is 0.577. The maximum atomic E-state index is 12.1. The number of amides is 2. The second-order valence-electron chi connectivity index (χ2n) is 6.10. The van der Waals surface area contributed by atoms with Gasteiger partial charge in [-0.15, -0.1) is 0 Å². The van der Waals surface area contributed by atoms with Crippen LogP contribution in [0.3, 0.4) is 0 Å². The summed E-state index contributed by atoms with van der Waals surface area (Å²) in [6.45, 7) is 0.677. The molecule has 0 spiro atoms. The van der Waals surface area contributed by atoms with Crippen molar-refractivity contribution in [1.29, 1.82) is 0 Å². The van der Waals surface area contributed by atoms with Gasteiger partial charge in [-0.25, -0.2) is 0 Å². The normalized spacial score (nSPS) is 10.2. The molecule has 0 aliphatic rings. The number of ether oxygens (including phenoxy) is 1. The van der Waals surface area contributed by atoms with Crippen molar-refractivity contribution in [2.45, 2.75) is 13.1 Å². The third kappa shape index (κ3) is 5.43. The third-order valence-electron chi connectivity index (χ3n) is 3.98. The number of hydrogen-bond acceptors (Lipinski definition) is 4. The average molecular weight is 375 g/mol. The molecule has 0 radical (unpaired) electrons. The van der Waals surface area contributed by atoms with Crippen LogP contribution in [0, 0.1) is 0 Å². The van der Waals surface area contributed by atoms with Crippen molar-refractivity contribution < 1.29 is 14.3 Å². The molecule has 3 rings (SSSR count). The minimum atomic E-state index is -0.730. The Morgan fingerprint density at radius 2 is 1.46 bits per heavy atom. The van der Waals surface area contributed by atoms with Crippen molar-refractivity contribution in [1.82, 2.24) is 5.32 Å². The minimum Gasteiger partial charge on any atom is -0.457 e. The van der Waals surface area contributed by atoms with Gasteiger partial charge in [-0.2, -0.15) is 0 Å². The zero-order chi connectivity index (χ0) is 19.8. The van der Waals surface area contributed by atoms with Crippen molar-refractivity contribution in [2.24, 2.45) is 5.73 Å². The lowest BCUT2D eigenvalue weighted by Gasteiger charge is -2.09. The highest BCUT2D eigenvalue weighted by Crippen LogP contribution is 2.22. The van der Waals surface area contributed by atoms with E-state index in [4.69, 9.17) is 10.5 Å². The van der Waals surface area contributed by atoms with Crippen LogP contribution in [0.25, 0.3) is 0 Å². The van der Waals surface area contributed by atoms with Crippen LogP contribution in [-0.2, 0) is 22.7 Å². The van der Waals surface area contributed by atoms with E-state index in [1.165, 1.54) is 0 Å². The zero-order valence-corrected chi connectivity index (χ0v) is 15.2. The van der Waals surface area contributed by atoms with Crippen LogP contribution >= 0.6 is 0 Å². The van der Waals surface area contributed by atoms with Crippen molar-refractivity contribution in [3.63, 3.8) is 0 Å². The fraction of sp³-hybridized carbons (Fsp3) is 0.0909. The van der Waals surface area contributed by atoms with Crippen LogP contribution in [-0.4, -0.2) is 11.8 Å². The van der Waals surface area contributed by atoms with Crippen LogP contribution in [0.5, 0.6) is 11.5 Å². The first-order valence-electron chi connectivity index (χ1n) is 8.84. The number of rotatable bonds is 6. The summed E-state index contributed by atoms with van der Waals surface area (Å²) >= 11 is 0. The molecule has 0 heterocycles. The molecule has 28 heavy (non-hydrogen) atoms. The van der Waals surface area contributed by atoms with E-state index in [1.807, 2.05) is 54.6 Å². The second kappa shape index (κ2) is 9.34. The number of carbonyl (C=O) groups is 2. The smallest absolute Gasteiger partial charge is 0.313 e. The van der Waals surface area contributed by atoms with E-state index in [0.717, 1.165) is 16.9 Å². The number of nitrogens with one attached hydrogen (secondary N) is 2. The highest BCUT2D eigenvalue weighted by Gasteiger charge is 2.13. The van der Waals surface area contributed by atoms with Crippen LogP contribution < -0.4 is 21.1 Å². The molecule has 0 saturated heterocycles. The summed E-state index contributed by atoms with van der Waals surface area (Å²) in [4.78, 5) is 24.1. The summed E-state index contributed by atoms with van der Waals surface area (Å²) in [5.74, 6) is -0.0831. The first-order valence-corrected chi connectivity index (χ1v) is 8.84. The molecule has 3 aromatic rings. The molecule has 3 aromatic carbocycles. The average Bonchev–Trinajstić information content (AvgIpc) is 2.74. The maximum absolute atomic E-state index is 12.1. The first-order chi connectivity index (χ1) is 13.6. The lowest BCUT2D eigenvalue weighted by Crippen LogP contribution is -2.34. The summed E-state index contributed by atoms with van der Waals surface area (Å²) in [5, 5.41) is 5.16. The van der Waals surface area contributed by atoms with Gasteiger partial charge in [0.15, 0.2) is 0 Å². The van der Waals surface area contributed by atoms with Gasteiger partial charge in [0.05, 0.1) is 0 Å². The summed E-state index contributed by atoms with van der Waals surface area (Å²) in [6.07, 6.45) is 0. The van der Waals surface area contributed by atoms with E-state index in [-0.39, 0.29) is 6.54 Å². The van der Waals surface area contributed by atoms with E-state index in [2.05, 4.69) is 10.6 Å². The molecule has 0 aromatic heterocycles. The molecule has 142 valence electrons. The number of carbonyl (C=O) groups excluding carboxylic acids is 2. The van der Waals surface area contributed by atoms with E-state index in [0.29, 0.717) is 18.0 Å². The molecular formula is C22H21N3O3. The largest absolute Gasteiger partial charge is 0.457 e. The Labute approximate surface area is 163 Å². The fourth-order valence-electron chi connectivity index (χ4n) is 2.55. The molecule has 0 aliphatic carbocycles. The van der Waals surface area contributed by atoms with Crippen LogP contribution in [0.4, 0.5) is 5.69 Å². The van der Waals surface area contributed by atoms with Gasteiger partial charge >= 0.3 is 11.8 Å². The number of benzene rings is 3. The Hall–Kier alpha value is -3.64. The summed E-state index contributed by atoms with van der Waals surface area (Å²) in [6, 6.07) is 23.7. The van der Waals surface area contributed by atoms with Crippen molar-refractivity contribution in [3.05, 3.63) is 90.0 Å². The predicted octanol–water partition coefficient (Wildman–Crippen LogP) is 3.19. The Morgan fingerprint density at radius 1 is 0.786 bits per heavy atom. The Bertz CT molecular complexity index is 941. The molecule has 0 fully saturated rings. The highest BCUT2D eigenvalue weighted by atomic mass is 16.5. The number of hydrogen-bond donors (Lipinski definition) is 3. The van der Waals surface area contributed by atoms with Gasteiger partial charge < -0.3 is 21.1 Å². The summed E-state index contributed by atoms with van der Waals surface area (Å²) < 4.78 is 5.69. The van der Waals surface area contributed by atoms with E-state index in [1.54, 1.807) is 24.3 Å². The van der Waals surface area contributed by atoms with Gasteiger partial charge in [-0.05, 0) is 47.5 Å². The van der Waals surface area contributed by atoms with Gasteiger partial charge in [0, 0.05) is 18.8 Å². The standard InChI is InChI=1S/C22H21N3O3/c23-14-16-5-4-6-17(13-16)15-24-21(26)22(27)25-18-9-11-20(12-10-18)28-19-7-2-1-3-8-19/h1-13H,14-15,23H2,(H,24,26)(H,25,27). The van der Waals surface area contributed by atoms with Crippen LogP contribution in [0.1, 0.15) is 11.1 Å². The Kier molecular flexibility index (Phi) is 6.38. The van der Waals surface area contributed by atoms with E-state index >= 15 is 0 Å². The Balaban J connectivity index is 1.51. The first kappa shape index (κ1) is 19.1. The molecule has 0 bridgehead atoms. The van der Waals surface area contributed by atoms with E-state index < -0.39 is 11.8 Å². The van der Waals surface area contributed by atoms with Gasteiger partial charge in [0.25, 0.3) is 0 Å². The molecule has 0 unspecified atom stereocenters. The molecule has 0 aliphatic heterocycles. The van der Waals surface area contributed by atoms with Crippen LogP contribution in [0.15, 0.2) is 78.9 Å². The zero-order valence-electron chi connectivity index (χ0n) is 15.2. The molecule has 0 atom stereocenters. The molecular weight excluding hydrogens is 354 g/mol. The molecule has 6 heteroatoms. The lowest BCUT2D eigenvalue weighted by atomic mass is 10.1. The number of para-hydroxylation sites is 1. The molecule has 6 nitrogen and oxygen atoms in total. The number of anilines is 1. The summed E-state index contributed by atoms with van der Waals surface area (Å²) in [7, 11) is 0. The Morgan fingerprint density at radius 3 is 2.18 bits per heavy atom. The molecule has 4 N–H and O–H groups in total. The van der Waals surface area contributed by atoms with Crippen molar-refractivity contribution in [2.75, 3.05) is 5.32 Å². The summed E-state index contributed by atoms with van der Waals surface area (Å²) in [5.41, 5.74) is 7.96. The molecule has 2 amide bonds. The highest BCUT2D eigenvalue weighted by molar-refractivity contribution is 6.39. The SMILES string of the molecule is NCc1cccc(CNC(=O)C(=O)Nc2ccc(Oc3ccccc3)cc2)c1. The predicted molar refractivity (Wildman–Crippen MR) is 108 cm³/mol. The lowest BCUT2D eigenvalue weighted by molar-refractivity contribution is -0.136.